The van der Waals surface area contributed by atoms with E-state index >= 15 is 0 Å². The minimum Gasteiger partial charge on any atom is -0.465 e. The molecule has 1 aromatic heterocycles. The molecule has 0 atom stereocenters. The van der Waals surface area contributed by atoms with Gasteiger partial charge in [-0.25, -0.2) is 4.79 Å². The van der Waals surface area contributed by atoms with E-state index in [2.05, 4.69) is 5.32 Å². The highest BCUT2D eigenvalue weighted by molar-refractivity contribution is 6.30. The lowest BCUT2D eigenvalue weighted by Crippen LogP contribution is -2.23. The molecule has 7 heteroatoms. The third kappa shape index (κ3) is 4.47. The van der Waals surface area contributed by atoms with Crippen molar-refractivity contribution < 1.29 is 14.3 Å². The van der Waals surface area contributed by atoms with E-state index in [0.717, 1.165) is 5.56 Å². The zero-order valence-electron chi connectivity index (χ0n) is 15.0. The van der Waals surface area contributed by atoms with Crippen LogP contribution in [0.5, 0.6) is 0 Å². The second kappa shape index (κ2) is 8.54. The molecule has 2 aromatic carbocycles. The summed E-state index contributed by atoms with van der Waals surface area (Å²) in [4.78, 5) is 36.6. The van der Waals surface area contributed by atoms with Gasteiger partial charge in [-0.2, -0.15) is 0 Å². The monoisotopic (exact) mass is 396 g/mol. The van der Waals surface area contributed by atoms with Gasteiger partial charge in [0.2, 0.25) is 0 Å². The minimum atomic E-state index is -0.552. The molecular formula is C21H17ClN2O4. The molecule has 28 heavy (non-hydrogen) atoms. The van der Waals surface area contributed by atoms with Gasteiger partial charge in [0.1, 0.15) is 0 Å². The molecule has 0 aliphatic rings. The van der Waals surface area contributed by atoms with Crippen LogP contribution >= 0.6 is 11.6 Å². The maximum absolute atomic E-state index is 12.6. The van der Waals surface area contributed by atoms with Crippen LogP contribution in [-0.2, 0) is 11.3 Å². The highest BCUT2D eigenvalue weighted by Gasteiger charge is 2.15. The summed E-state index contributed by atoms with van der Waals surface area (Å²) in [7, 11) is 1.27. The predicted molar refractivity (Wildman–Crippen MR) is 107 cm³/mol. The van der Waals surface area contributed by atoms with Crippen LogP contribution in [0.25, 0.3) is 0 Å². The third-order valence-corrected chi connectivity index (χ3v) is 4.34. The van der Waals surface area contributed by atoms with E-state index in [1.165, 1.54) is 30.0 Å². The third-order valence-electron chi connectivity index (χ3n) is 4.09. The van der Waals surface area contributed by atoms with E-state index < -0.39 is 11.9 Å². The molecule has 0 unspecified atom stereocenters. The average molecular weight is 397 g/mol. The zero-order chi connectivity index (χ0) is 20.1. The molecule has 0 fully saturated rings. The number of rotatable bonds is 5. The lowest BCUT2D eigenvalue weighted by molar-refractivity contribution is 0.0602. The van der Waals surface area contributed by atoms with E-state index in [9.17, 15) is 14.4 Å². The molecule has 1 N–H and O–H groups in total. The van der Waals surface area contributed by atoms with Gasteiger partial charge in [-0.3, -0.25) is 9.59 Å². The Morgan fingerprint density at radius 2 is 1.75 bits per heavy atom. The molecule has 1 heterocycles. The molecular weight excluding hydrogens is 380 g/mol. The number of carbonyl (C=O) groups is 2. The second-order valence-electron chi connectivity index (χ2n) is 6.00. The summed E-state index contributed by atoms with van der Waals surface area (Å²) < 4.78 is 6.16. The van der Waals surface area contributed by atoms with Crippen molar-refractivity contribution in [3.63, 3.8) is 0 Å². The maximum Gasteiger partial charge on any atom is 0.339 e. The number of halogens is 1. The molecule has 0 saturated heterocycles. The SMILES string of the molecule is COC(=O)c1ccccc1NC(=O)c1ccc(=O)n(Cc2ccc(Cl)cc2)c1. The Hall–Kier alpha value is -3.38. The number of aromatic nitrogens is 1. The van der Waals surface area contributed by atoms with Gasteiger partial charge in [0, 0.05) is 17.3 Å². The van der Waals surface area contributed by atoms with Gasteiger partial charge in [-0.15, -0.1) is 0 Å². The summed E-state index contributed by atoms with van der Waals surface area (Å²) in [6.07, 6.45) is 1.48. The van der Waals surface area contributed by atoms with Crippen LogP contribution in [0.4, 0.5) is 5.69 Å². The lowest BCUT2D eigenvalue weighted by Gasteiger charge is -2.11. The Balaban J connectivity index is 1.84. The first-order valence-corrected chi connectivity index (χ1v) is 8.79. The van der Waals surface area contributed by atoms with Crippen LogP contribution in [0.1, 0.15) is 26.3 Å². The number of hydrogen-bond acceptors (Lipinski definition) is 4. The molecule has 0 radical (unpaired) electrons. The molecule has 142 valence electrons. The number of anilines is 1. The van der Waals surface area contributed by atoms with Gasteiger partial charge in [-0.1, -0.05) is 35.9 Å². The highest BCUT2D eigenvalue weighted by Crippen LogP contribution is 2.17. The van der Waals surface area contributed by atoms with Crippen LogP contribution < -0.4 is 10.9 Å². The van der Waals surface area contributed by atoms with Gasteiger partial charge in [0.25, 0.3) is 11.5 Å². The van der Waals surface area contributed by atoms with Crippen LogP contribution in [0.15, 0.2) is 71.7 Å². The molecule has 1 amide bonds. The van der Waals surface area contributed by atoms with Crippen molar-refractivity contribution in [1.29, 1.82) is 0 Å². The summed E-state index contributed by atoms with van der Waals surface area (Å²) in [6, 6.07) is 16.4. The molecule has 0 aliphatic carbocycles. The van der Waals surface area contributed by atoms with Crippen molar-refractivity contribution in [2.45, 2.75) is 6.54 Å². The fourth-order valence-electron chi connectivity index (χ4n) is 2.65. The average Bonchev–Trinajstić information content (AvgIpc) is 2.71. The standard InChI is InChI=1S/C21H17ClN2O4/c1-28-21(27)17-4-2-3-5-18(17)23-20(26)15-8-11-19(25)24(13-15)12-14-6-9-16(22)10-7-14/h2-11,13H,12H2,1H3,(H,23,26). The number of nitrogens with zero attached hydrogens (tertiary/aromatic N) is 1. The van der Waals surface area contributed by atoms with Crippen molar-refractivity contribution in [2.24, 2.45) is 0 Å². The van der Waals surface area contributed by atoms with Crippen molar-refractivity contribution >= 4 is 29.2 Å². The smallest absolute Gasteiger partial charge is 0.339 e. The normalized spacial score (nSPS) is 10.4. The van der Waals surface area contributed by atoms with Crippen LogP contribution in [0.2, 0.25) is 5.02 Å². The molecule has 6 nitrogen and oxygen atoms in total. The van der Waals surface area contributed by atoms with Gasteiger partial charge >= 0.3 is 5.97 Å². The number of amides is 1. The summed E-state index contributed by atoms with van der Waals surface area (Å²) in [5.41, 5.74) is 1.50. The zero-order valence-corrected chi connectivity index (χ0v) is 15.8. The van der Waals surface area contributed by atoms with Gasteiger partial charge < -0.3 is 14.6 Å². The number of pyridine rings is 1. The van der Waals surface area contributed by atoms with E-state index in [0.29, 0.717) is 17.3 Å². The molecule has 3 aromatic rings. The van der Waals surface area contributed by atoms with E-state index in [-0.39, 0.29) is 16.7 Å². The van der Waals surface area contributed by atoms with E-state index in [4.69, 9.17) is 16.3 Å². The number of hydrogen-bond donors (Lipinski definition) is 1. The summed E-state index contributed by atoms with van der Waals surface area (Å²) in [5.74, 6) is -0.996. The first-order valence-electron chi connectivity index (χ1n) is 8.41. The van der Waals surface area contributed by atoms with Crippen molar-refractivity contribution in [1.82, 2.24) is 4.57 Å². The fourth-order valence-corrected chi connectivity index (χ4v) is 2.78. The van der Waals surface area contributed by atoms with Crippen LogP contribution in [-0.4, -0.2) is 23.6 Å². The topological polar surface area (TPSA) is 77.4 Å². The molecule has 0 saturated carbocycles. The Morgan fingerprint density at radius 1 is 1.04 bits per heavy atom. The van der Waals surface area contributed by atoms with Gasteiger partial charge in [0.05, 0.1) is 30.5 Å². The molecule has 0 aliphatic heterocycles. The maximum atomic E-state index is 12.6. The van der Waals surface area contributed by atoms with E-state index in [1.54, 1.807) is 36.4 Å². The summed E-state index contributed by atoms with van der Waals surface area (Å²) >= 11 is 5.88. The number of carbonyl (C=O) groups excluding carboxylic acids is 2. The molecule has 0 bridgehead atoms. The van der Waals surface area contributed by atoms with Crippen LogP contribution in [0, 0.1) is 0 Å². The van der Waals surface area contributed by atoms with Crippen molar-refractivity contribution in [3.05, 3.63) is 98.9 Å². The predicted octanol–water partition coefficient (Wildman–Crippen LogP) is 3.59. The number of esters is 1. The number of benzene rings is 2. The lowest BCUT2D eigenvalue weighted by atomic mass is 10.1. The second-order valence-corrected chi connectivity index (χ2v) is 6.44. The van der Waals surface area contributed by atoms with Crippen molar-refractivity contribution in [3.8, 4) is 0 Å². The summed E-state index contributed by atoms with van der Waals surface area (Å²) in [6.45, 7) is 0.301. The first-order chi connectivity index (χ1) is 13.5. The Kier molecular flexibility index (Phi) is 5.91. The molecule has 3 rings (SSSR count). The minimum absolute atomic E-state index is 0.235. The number of methoxy groups -OCH3 is 1. The fraction of sp³-hybridized carbons (Fsp3) is 0.0952. The number of nitrogens with one attached hydrogen (secondary N) is 1. The van der Waals surface area contributed by atoms with Crippen molar-refractivity contribution in [2.75, 3.05) is 12.4 Å². The van der Waals surface area contributed by atoms with E-state index in [1.807, 2.05) is 12.1 Å². The Bertz CT molecular complexity index is 1070. The van der Waals surface area contributed by atoms with Gasteiger partial charge in [-0.05, 0) is 35.9 Å². The highest BCUT2D eigenvalue weighted by atomic mass is 35.5. The first kappa shape index (κ1) is 19.4. The Morgan fingerprint density at radius 3 is 2.46 bits per heavy atom. The number of ether oxygens (including phenoxy) is 1. The molecule has 0 spiro atoms. The largest absolute Gasteiger partial charge is 0.465 e. The van der Waals surface area contributed by atoms with Crippen LogP contribution in [0.3, 0.4) is 0 Å². The number of para-hydroxylation sites is 1. The quantitative estimate of drug-likeness (QED) is 0.668. The summed E-state index contributed by atoms with van der Waals surface area (Å²) in [5, 5.41) is 3.29. The Labute approximate surface area is 166 Å². The van der Waals surface area contributed by atoms with Gasteiger partial charge in [0.15, 0.2) is 0 Å².